The Morgan fingerprint density at radius 2 is 1.93 bits per heavy atom. The maximum Gasteiger partial charge on any atom is 0.261 e. The smallest absolute Gasteiger partial charge is 0.261 e. The van der Waals surface area contributed by atoms with Crippen LogP contribution in [0, 0.1) is 5.41 Å². The molecule has 1 heterocycles. The molecule has 146 valence electrons. The van der Waals surface area contributed by atoms with Crippen LogP contribution in [0.15, 0.2) is 46.9 Å². The van der Waals surface area contributed by atoms with Gasteiger partial charge in [0.05, 0.1) is 12.8 Å². The Bertz CT molecular complexity index is 1070. The molecule has 0 bridgehead atoms. The molecule has 0 fully saturated rings. The third-order valence-electron chi connectivity index (χ3n) is 4.54. The molecule has 0 saturated heterocycles. The number of fused-ring (bicyclic) bond motifs is 1. The number of anilines is 2. The van der Waals surface area contributed by atoms with Crippen molar-refractivity contribution in [2.75, 3.05) is 30.4 Å². The highest BCUT2D eigenvalue weighted by Crippen LogP contribution is 2.28. The van der Waals surface area contributed by atoms with E-state index in [0.717, 1.165) is 24.2 Å². The SMILES string of the molecule is CCN(CC)c1ccc2cc(C(=O)Nc3cc(Cl)ccc3OC)c(=N)oc2c1. The van der Waals surface area contributed by atoms with Gasteiger partial charge in [-0.25, -0.2) is 0 Å². The van der Waals surface area contributed by atoms with Crippen LogP contribution in [0.25, 0.3) is 11.0 Å². The van der Waals surface area contributed by atoms with Gasteiger partial charge in [0, 0.05) is 35.3 Å². The second kappa shape index (κ2) is 8.35. The van der Waals surface area contributed by atoms with Gasteiger partial charge in [0.25, 0.3) is 5.91 Å². The molecule has 0 aliphatic carbocycles. The number of ether oxygens (including phenoxy) is 1. The molecule has 0 saturated carbocycles. The number of amides is 1. The van der Waals surface area contributed by atoms with Gasteiger partial charge in [-0.15, -0.1) is 0 Å². The lowest BCUT2D eigenvalue weighted by Gasteiger charge is -2.21. The zero-order chi connectivity index (χ0) is 20.3. The molecule has 0 radical (unpaired) electrons. The van der Waals surface area contributed by atoms with Gasteiger partial charge in [-0.3, -0.25) is 10.2 Å². The first-order valence-electron chi connectivity index (χ1n) is 8.99. The van der Waals surface area contributed by atoms with E-state index in [1.165, 1.54) is 7.11 Å². The summed E-state index contributed by atoms with van der Waals surface area (Å²) in [6, 6.07) is 12.3. The van der Waals surface area contributed by atoms with Gasteiger partial charge < -0.3 is 19.4 Å². The van der Waals surface area contributed by atoms with Crippen LogP contribution in [0.2, 0.25) is 5.02 Å². The third kappa shape index (κ3) is 3.97. The molecular weight excluding hydrogens is 378 g/mol. The Kier molecular flexibility index (Phi) is 5.90. The number of benzene rings is 2. The first kappa shape index (κ1) is 19.8. The van der Waals surface area contributed by atoms with Crippen molar-refractivity contribution in [2.24, 2.45) is 0 Å². The number of carbonyl (C=O) groups is 1. The van der Waals surface area contributed by atoms with Crippen LogP contribution in [-0.4, -0.2) is 26.1 Å². The molecule has 0 spiro atoms. The number of rotatable bonds is 6. The van der Waals surface area contributed by atoms with Crippen LogP contribution in [-0.2, 0) is 0 Å². The summed E-state index contributed by atoms with van der Waals surface area (Å²) in [5.41, 5.74) is 1.93. The highest BCUT2D eigenvalue weighted by atomic mass is 35.5. The van der Waals surface area contributed by atoms with E-state index >= 15 is 0 Å². The number of hydrogen-bond donors (Lipinski definition) is 2. The van der Waals surface area contributed by atoms with Crippen LogP contribution in [0.5, 0.6) is 5.75 Å². The van der Waals surface area contributed by atoms with E-state index in [1.807, 2.05) is 18.2 Å². The zero-order valence-electron chi connectivity index (χ0n) is 16.0. The molecule has 0 aliphatic heterocycles. The van der Waals surface area contributed by atoms with E-state index in [9.17, 15) is 4.79 Å². The summed E-state index contributed by atoms with van der Waals surface area (Å²) in [7, 11) is 1.51. The molecule has 1 amide bonds. The van der Waals surface area contributed by atoms with E-state index in [0.29, 0.717) is 22.0 Å². The van der Waals surface area contributed by atoms with Gasteiger partial charge in [0.2, 0.25) is 5.55 Å². The van der Waals surface area contributed by atoms with Crippen LogP contribution >= 0.6 is 11.6 Å². The van der Waals surface area contributed by atoms with E-state index in [4.69, 9.17) is 26.2 Å². The summed E-state index contributed by atoms with van der Waals surface area (Å²) >= 11 is 6.01. The van der Waals surface area contributed by atoms with Gasteiger partial charge >= 0.3 is 0 Å². The molecule has 0 unspecified atom stereocenters. The Balaban J connectivity index is 1.96. The standard InChI is InChI=1S/C21H22ClN3O3/c1-4-25(5-2)15-8-6-13-10-16(20(23)28-19(13)12-15)21(26)24-17-11-14(22)7-9-18(17)27-3/h6-12,23H,4-5H2,1-3H3,(H,24,26). The number of hydrogen-bond acceptors (Lipinski definition) is 5. The summed E-state index contributed by atoms with van der Waals surface area (Å²) in [5, 5.41) is 12.1. The van der Waals surface area contributed by atoms with Crippen LogP contribution in [0.1, 0.15) is 24.2 Å². The van der Waals surface area contributed by atoms with Crippen molar-refractivity contribution in [3.8, 4) is 5.75 Å². The van der Waals surface area contributed by atoms with Crippen molar-refractivity contribution >= 4 is 39.9 Å². The second-order valence-electron chi connectivity index (χ2n) is 6.18. The summed E-state index contributed by atoms with van der Waals surface area (Å²) in [4.78, 5) is 14.9. The molecule has 0 aliphatic rings. The summed E-state index contributed by atoms with van der Waals surface area (Å²) in [5.74, 6) is 0.00918. The molecule has 0 atom stereocenters. The summed E-state index contributed by atoms with van der Waals surface area (Å²) in [6.45, 7) is 5.91. The number of methoxy groups -OCH3 is 1. The van der Waals surface area contributed by atoms with Crippen molar-refractivity contribution in [3.05, 3.63) is 58.6 Å². The third-order valence-corrected chi connectivity index (χ3v) is 4.77. The van der Waals surface area contributed by atoms with Gasteiger partial charge in [0.1, 0.15) is 16.9 Å². The van der Waals surface area contributed by atoms with Crippen molar-refractivity contribution in [1.82, 2.24) is 0 Å². The maximum absolute atomic E-state index is 12.7. The summed E-state index contributed by atoms with van der Waals surface area (Å²) < 4.78 is 10.9. The lowest BCUT2D eigenvalue weighted by molar-refractivity contribution is 0.102. The Labute approximate surface area is 168 Å². The number of nitrogens with one attached hydrogen (secondary N) is 2. The molecule has 7 heteroatoms. The number of halogens is 1. The summed E-state index contributed by atoms with van der Waals surface area (Å²) in [6.07, 6.45) is 0. The number of nitrogens with zero attached hydrogens (tertiary/aromatic N) is 1. The van der Waals surface area contributed by atoms with Crippen molar-refractivity contribution in [2.45, 2.75) is 13.8 Å². The number of carbonyl (C=O) groups excluding carboxylic acids is 1. The van der Waals surface area contributed by atoms with Gasteiger partial charge in [-0.2, -0.15) is 0 Å². The van der Waals surface area contributed by atoms with Crippen molar-refractivity contribution in [1.29, 1.82) is 5.41 Å². The molecule has 3 aromatic rings. The predicted molar refractivity (Wildman–Crippen MR) is 112 cm³/mol. The Morgan fingerprint density at radius 3 is 2.61 bits per heavy atom. The zero-order valence-corrected chi connectivity index (χ0v) is 16.8. The van der Waals surface area contributed by atoms with Crippen molar-refractivity contribution < 1.29 is 13.9 Å². The molecular formula is C21H22ClN3O3. The average molecular weight is 400 g/mol. The lowest BCUT2D eigenvalue weighted by Crippen LogP contribution is -2.22. The normalized spacial score (nSPS) is 10.7. The maximum atomic E-state index is 12.7. The lowest BCUT2D eigenvalue weighted by atomic mass is 10.1. The van der Waals surface area contributed by atoms with E-state index in [2.05, 4.69) is 24.1 Å². The molecule has 2 aromatic carbocycles. The first-order valence-corrected chi connectivity index (χ1v) is 9.37. The minimum Gasteiger partial charge on any atom is -0.495 e. The van der Waals surface area contributed by atoms with E-state index in [-0.39, 0.29) is 11.1 Å². The molecule has 2 N–H and O–H groups in total. The highest BCUT2D eigenvalue weighted by Gasteiger charge is 2.15. The van der Waals surface area contributed by atoms with Gasteiger partial charge in [-0.05, 0) is 50.2 Å². The predicted octanol–water partition coefficient (Wildman–Crippen LogP) is 4.67. The van der Waals surface area contributed by atoms with E-state index < -0.39 is 5.91 Å². The van der Waals surface area contributed by atoms with Crippen LogP contribution in [0.3, 0.4) is 0 Å². The fourth-order valence-corrected chi connectivity index (χ4v) is 3.21. The van der Waals surface area contributed by atoms with Crippen molar-refractivity contribution in [3.63, 3.8) is 0 Å². The topological polar surface area (TPSA) is 78.6 Å². The van der Waals surface area contributed by atoms with Crippen LogP contribution < -0.4 is 20.5 Å². The Hall–Kier alpha value is -2.99. The molecule has 6 nitrogen and oxygen atoms in total. The van der Waals surface area contributed by atoms with Gasteiger partial charge in [-0.1, -0.05) is 11.6 Å². The molecule has 28 heavy (non-hydrogen) atoms. The largest absolute Gasteiger partial charge is 0.495 e. The molecule has 1 aromatic heterocycles. The Morgan fingerprint density at radius 1 is 1.18 bits per heavy atom. The highest BCUT2D eigenvalue weighted by molar-refractivity contribution is 6.31. The monoisotopic (exact) mass is 399 g/mol. The quantitative estimate of drug-likeness (QED) is 0.631. The van der Waals surface area contributed by atoms with Crippen LogP contribution in [0.4, 0.5) is 11.4 Å². The second-order valence-corrected chi connectivity index (χ2v) is 6.62. The first-order chi connectivity index (χ1) is 13.5. The molecule has 3 rings (SSSR count). The minimum atomic E-state index is -0.468. The fraction of sp³-hybridized carbons (Fsp3) is 0.238. The fourth-order valence-electron chi connectivity index (χ4n) is 3.04. The minimum absolute atomic E-state index is 0.130. The average Bonchev–Trinajstić information content (AvgIpc) is 2.68. The van der Waals surface area contributed by atoms with E-state index in [1.54, 1.807) is 24.3 Å². The van der Waals surface area contributed by atoms with Gasteiger partial charge in [0.15, 0.2) is 0 Å².